The van der Waals surface area contributed by atoms with Gasteiger partial charge in [0.25, 0.3) is 5.91 Å². The van der Waals surface area contributed by atoms with E-state index in [9.17, 15) is 18.4 Å². The van der Waals surface area contributed by atoms with E-state index in [1.165, 1.54) is 4.90 Å². The molecule has 8 heteroatoms. The molecule has 2 aromatic rings. The summed E-state index contributed by atoms with van der Waals surface area (Å²) in [6.45, 7) is 3.55. The van der Waals surface area contributed by atoms with Crippen LogP contribution in [0.25, 0.3) is 0 Å². The Morgan fingerprint density at radius 3 is 2.39 bits per heavy atom. The van der Waals surface area contributed by atoms with Crippen LogP contribution in [0.3, 0.4) is 0 Å². The normalized spacial score (nSPS) is 17.5. The van der Waals surface area contributed by atoms with Crippen molar-refractivity contribution in [3.63, 3.8) is 0 Å². The van der Waals surface area contributed by atoms with Crippen molar-refractivity contribution in [1.29, 1.82) is 0 Å². The van der Waals surface area contributed by atoms with E-state index < -0.39 is 17.5 Å². The largest absolute Gasteiger partial charge is 0.378 e. The zero-order valence-corrected chi connectivity index (χ0v) is 17.2. The number of morpholine rings is 1. The lowest BCUT2D eigenvalue weighted by molar-refractivity contribution is -0.121. The Hall–Kier alpha value is -3.00. The molecule has 0 radical (unpaired) electrons. The lowest BCUT2D eigenvalue weighted by atomic mass is 9.95. The van der Waals surface area contributed by atoms with Gasteiger partial charge in [0.15, 0.2) is 0 Å². The first-order valence-corrected chi connectivity index (χ1v) is 10.5. The van der Waals surface area contributed by atoms with Crippen LogP contribution in [0.4, 0.5) is 20.2 Å². The summed E-state index contributed by atoms with van der Waals surface area (Å²) in [4.78, 5) is 29.2. The van der Waals surface area contributed by atoms with Crippen molar-refractivity contribution in [2.75, 3.05) is 49.6 Å². The monoisotopic (exact) mass is 429 g/mol. The first-order chi connectivity index (χ1) is 15.0. The third-order valence-corrected chi connectivity index (χ3v) is 5.83. The molecular weight excluding hydrogens is 404 g/mol. The molecule has 4 rings (SSSR count). The number of amides is 2. The minimum Gasteiger partial charge on any atom is -0.378 e. The molecular formula is C23H25F2N3O3. The molecule has 0 spiro atoms. The Labute approximate surface area is 179 Å². The molecule has 0 aliphatic carbocycles. The average molecular weight is 429 g/mol. The number of piperidine rings is 1. The fourth-order valence-electron chi connectivity index (χ4n) is 4.07. The molecule has 2 aliphatic heterocycles. The number of nitrogens with zero attached hydrogens (tertiary/aromatic N) is 2. The van der Waals surface area contributed by atoms with Crippen LogP contribution in [-0.4, -0.2) is 56.1 Å². The Morgan fingerprint density at radius 2 is 1.68 bits per heavy atom. The van der Waals surface area contributed by atoms with E-state index in [-0.39, 0.29) is 17.4 Å². The summed E-state index contributed by atoms with van der Waals surface area (Å²) in [6.07, 6.45) is 0.972. The number of hydrogen-bond donors (Lipinski definition) is 1. The molecule has 2 amide bonds. The first-order valence-electron chi connectivity index (χ1n) is 10.5. The van der Waals surface area contributed by atoms with Crippen LogP contribution >= 0.6 is 0 Å². The van der Waals surface area contributed by atoms with Gasteiger partial charge in [0, 0.05) is 38.2 Å². The summed E-state index contributed by atoms with van der Waals surface area (Å²) < 4.78 is 32.4. The highest BCUT2D eigenvalue weighted by molar-refractivity contribution is 5.97. The summed E-state index contributed by atoms with van der Waals surface area (Å²) in [6, 6.07) is 10.6. The number of para-hydroxylation sites is 2. The molecule has 0 bridgehead atoms. The maximum atomic E-state index is 13.9. The van der Waals surface area contributed by atoms with E-state index in [0.717, 1.165) is 36.6 Å². The third-order valence-electron chi connectivity index (χ3n) is 5.83. The fraction of sp³-hybridized carbons (Fsp3) is 0.391. The van der Waals surface area contributed by atoms with Gasteiger partial charge in [-0.15, -0.1) is 0 Å². The van der Waals surface area contributed by atoms with Gasteiger partial charge in [-0.25, -0.2) is 8.78 Å². The zero-order chi connectivity index (χ0) is 21.8. The molecule has 0 atom stereocenters. The molecule has 0 saturated carbocycles. The summed E-state index contributed by atoms with van der Waals surface area (Å²) in [5.41, 5.74) is 1.59. The maximum absolute atomic E-state index is 13.9. The van der Waals surface area contributed by atoms with Crippen LogP contribution in [0.5, 0.6) is 0 Å². The SMILES string of the molecule is O=C(Nc1ccccc1N1CCOCC1)C1CCN(C(=O)c2ccc(F)cc2F)CC1. The quantitative estimate of drug-likeness (QED) is 0.810. The highest BCUT2D eigenvalue weighted by Gasteiger charge is 2.29. The van der Waals surface area contributed by atoms with Gasteiger partial charge in [-0.3, -0.25) is 9.59 Å². The summed E-state index contributed by atoms with van der Waals surface area (Å²) in [7, 11) is 0. The van der Waals surface area contributed by atoms with Crippen LogP contribution < -0.4 is 10.2 Å². The van der Waals surface area contributed by atoms with Crippen LogP contribution in [-0.2, 0) is 9.53 Å². The number of carbonyl (C=O) groups excluding carboxylic acids is 2. The molecule has 2 saturated heterocycles. The number of hydrogen-bond acceptors (Lipinski definition) is 4. The Kier molecular flexibility index (Phi) is 6.46. The van der Waals surface area contributed by atoms with E-state index >= 15 is 0 Å². The summed E-state index contributed by atoms with van der Waals surface area (Å²) >= 11 is 0. The van der Waals surface area contributed by atoms with E-state index in [1.807, 2.05) is 24.3 Å². The molecule has 2 heterocycles. The summed E-state index contributed by atoms with van der Waals surface area (Å²) in [5.74, 6) is -2.39. The molecule has 2 fully saturated rings. The molecule has 0 aromatic heterocycles. The second-order valence-electron chi connectivity index (χ2n) is 7.80. The maximum Gasteiger partial charge on any atom is 0.256 e. The molecule has 1 N–H and O–H groups in total. The van der Waals surface area contributed by atoms with Crippen molar-refractivity contribution in [3.8, 4) is 0 Å². The second-order valence-corrected chi connectivity index (χ2v) is 7.80. The van der Waals surface area contributed by atoms with Gasteiger partial charge in [-0.2, -0.15) is 0 Å². The lowest BCUT2D eigenvalue weighted by Crippen LogP contribution is -2.42. The second kappa shape index (κ2) is 9.43. The molecule has 2 aliphatic rings. The number of anilines is 2. The first kappa shape index (κ1) is 21.2. The van der Waals surface area contributed by atoms with Crippen LogP contribution in [0.15, 0.2) is 42.5 Å². The van der Waals surface area contributed by atoms with Gasteiger partial charge < -0.3 is 19.9 Å². The van der Waals surface area contributed by atoms with E-state index in [0.29, 0.717) is 45.2 Å². The van der Waals surface area contributed by atoms with Gasteiger partial charge >= 0.3 is 0 Å². The van der Waals surface area contributed by atoms with Crippen molar-refractivity contribution in [1.82, 2.24) is 4.90 Å². The predicted molar refractivity (Wildman–Crippen MR) is 113 cm³/mol. The standard InChI is InChI=1S/C23H25F2N3O3/c24-17-5-6-18(19(25)15-17)23(30)28-9-7-16(8-10-28)22(29)26-20-3-1-2-4-21(20)27-11-13-31-14-12-27/h1-6,15-16H,7-14H2,(H,26,29). The summed E-state index contributed by atoms with van der Waals surface area (Å²) in [5, 5.41) is 3.04. The zero-order valence-electron chi connectivity index (χ0n) is 17.2. The van der Waals surface area contributed by atoms with E-state index in [4.69, 9.17) is 4.74 Å². The minimum absolute atomic E-state index is 0.0826. The Balaban J connectivity index is 1.36. The minimum atomic E-state index is -0.871. The van der Waals surface area contributed by atoms with E-state index in [2.05, 4.69) is 10.2 Å². The Morgan fingerprint density at radius 1 is 0.968 bits per heavy atom. The van der Waals surface area contributed by atoms with Gasteiger partial charge in [0.2, 0.25) is 5.91 Å². The van der Waals surface area contributed by atoms with Crippen molar-refractivity contribution < 1.29 is 23.1 Å². The van der Waals surface area contributed by atoms with Crippen molar-refractivity contribution in [3.05, 3.63) is 59.7 Å². The van der Waals surface area contributed by atoms with Crippen molar-refractivity contribution in [2.24, 2.45) is 5.92 Å². The highest BCUT2D eigenvalue weighted by Crippen LogP contribution is 2.28. The van der Waals surface area contributed by atoms with Crippen molar-refractivity contribution in [2.45, 2.75) is 12.8 Å². The van der Waals surface area contributed by atoms with Gasteiger partial charge in [-0.05, 0) is 37.1 Å². The van der Waals surface area contributed by atoms with Gasteiger partial charge in [0.05, 0.1) is 30.2 Å². The van der Waals surface area contributed by atoms with Crippen LogP contribution in [0.2, 0.25) is 0 Å². The van der Waals surface area contributed by atoms with Gasteiger partial charge in [0.1, 0.15) is 11.6 Å². The average Bonchev–Trinajstić information content (AvgIpc) is 2.80. The number of benzene rings is 2. The van der Waals surface area contributed by atoms with Crippen molar-refractivity contribution >= 4 is 23.2 Å². The molecule has 31 heavy (non-hydrogen) atoms. The lowest BCUT2D eigenvalue weighted by Gasteiger charge is -2.33. The number of halogens is 2. The van der Waals surface area contributed by atoms with Gasteiger partial charge in [-0.1, -0.05) is 12.1 Å². The fourth-order valence-corrected chi connectivity index (χ4v) is 4.07. The molecule has 0 unspecified atom stereocenters. The predicted octanol–water partition coefficient (Wildman–Crippen LogP) is 3.29. The molecule has 2 aromatic carbocycles. The number of nitrogens with one attached hydrogen (secondary N) is 1. The van der Waals surface area contributed by atoms with Crippen LogP contribution in [0.1, 0.15) is 23.2 Å². The number of likely N-dealkylation sites (tertiary alicyclic amines) is 1. The molecule has 6 nitrogen and oxygen atoms in total. The highest BCUT2D eigenvalue weighted by atomic mass is 19.1. The third kappa shape index (κ3) is 4.85. The van der Waals surface area contributed by atoms with Crippen LogP contribution in [0, 0.1) is 17.6 Å². The number of rotatable bonds is 4. The van der Waals surface area contributed by atoms with E-state index in [1.54, 1.807) is 0 Å². The number of carbonyl (C=O) groups is 2. The Bertz CT molecular complexity index is 955. The molecule has 164 valence electrons. The number of ether oxygens (including phenoxy) is 1. The smallest absolute Gasteiger partial charge is 0.256 e. The topological polar surface area (TPSA) is 61.9 Å².